The third-order valence-corrected chi connectivity index (χ3v) is 5.41. The Morgan fingerprint density at radius 3 is 2.83 bits per heavy atom. The number of rotatable bonds is 3. The van der Waals surface area contributed by atoms with Gasteiger partial charge < -0.3 is 9.88 Å². The minimum Gasteiger partial charge on any atom is -0.318 e. The topological polar surface area (TPSA) is 72.7 Å². The molecular weight excluding hydrogens is 381 g/mol. The van der Waals surface area contributed by atoms with Crippen molar-refractivity contribution in [3.05, 3.63) is 71.9 Å². The summed E-state index contributed by atoms with van der Waals surface area (Å²) in [4.78, 5) is 17.1. The lowest BCUT2D eigenvalue weighted by atomic mass is 10.1. The normalized spacial score (nSPS) is 13.6. The number of carbonyl (C=O) groups is 1. The summed E-state index contributed by atoms with van der Waals surface area (Å²) < 4.78 is 16.6. The number of pyridine rings is 1. The molecule has 0 bridgehead atoms. The minimum absolute atomic E-state index is 0.0958. The van der Waals surface area contributed by atoms with Crippen LogP contribution >= 0.6 is 0 Å². The van der Waals surface area contributed by atoms with Crippen LogP contribution in [-0.2, 0) is 13.0 Å². The zero-order valence-corrected chi connectivity index (χ0v) is 16.3. The number of aryl methyl sites for hydroxylation is 1. The van der Waals surface area contributed by atoms with E-state index in [-0.39, 0.29) is 11.4 Å². The molecule has 0 atom stereocenters. The van der Waals surface area contributed by atoms with Gasteiger partial charge in [0.05, 0.1) is 11.2 Å². The highest BCUT2D eigenvalue weighted by atomic mass is 19.1. The van der Waals surface area contributed by atoms with Crippen molar-refractivity contribution in [2.75, 3.05) is 5.32 Å². The predicted molar refractivity (Wildman–Crippen MR) is 113 cm³/mol. The third kappa shape index (κ3) is 3.43. The SMILES string of the molecule is O=C(Nc1cc(-c2nnc3n2CCCCC3)ccc1F)c1ccc2ccccc2n1. The Morgan fingerprint density at radius 2 is 1.90 bits per heavy atom. The highest BCUT2D eigenvalue weighted by Crippen LogP contribution is 2.27. The van der Waals surface area contributed by atoms with Gasteiger partial charge in [-0.2, -0.15) is 0 Å². The van der Waals surface area contributed by atoms with Crippen LogP contribution in [0.1, 0.15) is 35.6 Å². The smallest absolute Gasteiger partial charge is 0.274 e. The van der Waals surface area contributed by atoms with Crippen LogP contribution in [0.2, 0.25) is 0 Å². The van der Waals surface area contributed by atoms with E-state index in [9.17, 15) is 9.18 Å². The summed E-state index contributed by atoms with van der Waals surface area (Å²) in [5.41, 5.74) is 1.76. The number of halogens is 1. The highest BCUT2D eigenvalue weighted by Gasteiger charge is 2.18. The van der Waals surface area contributed by atoms with Crippen LogP contribution in [0.15, 0.2) is 54.6 Å². The lowest BCUT2D eigenvalue weighted by Crippen LogP contribution is -2.15. The van der Waals surface area contributed by atoms with Gasteiger partial charge in [0.2, 0.25) is 0 Å². The quantitative estimate of drug-likeness (QED) is 0.544. The average Bonchev–Trinajstić information content (AvgIpc) is 3.03. The van der Waals surface area contributed by atoms with Crippen LogP contribution in [0.3, 0.4) is 0 Å². The van der Waals surface area contributed by atoms with Crippen molar-refractivity contribution >= 4 is 22.5 Å². The molecule has 1 aliphatic heterocycles. The molecule has 0 saturated heterocycles. The second-order valence-electron chi connectivity index (χ2n) is 7.44. The van der Waals surface area contributed by atoms with E-state index in [1.165, 1.54) is 6.07 Å². The first-order chi connectivity index (χ1) is 14.7. The maximum absolute atomic E-state index is 14.5. The van der Waals surface area contributed by atoms with Gasteiger partial charge in [0, 0.05) is 23.9 Å². The van der Waals surface area contributed by atoms with Gasteiger partial charge >= 0.3 is 0 Å². The van der Waals surface area contributed by atoms with Gasteiger partial charge in [-0.05, 0) is 43.2 Å². The van der Waals surface area contributed by atoms with E-state index < -0.39 is 11.7 Å². The third-order valence-electron chi connectivity index (χ3n) is 5.41. The number of para-hydroxylation sites is 1. The Morgan fingerprint density at radius 1 is 1.00 bits per heavy atom. The van der Waals surface area contributed by atoms with E-state index in [4.69, 9.17) is 0 Å². The summed E-state index contributed by atoms with van der Waals surface area (Å²) in [6.07, 6.45) is 4.22. The number of nitrogens with zero attached hydrogens (tertiary/aromatic N) is 4. The predicted octanol–water partition coefficient (Wildman–Crippen LogP) is 4.61. The van der Waals surface area contributed by atoms with Crippen molar-refractivity contribution in [3.8, 4) is 11.4 Å². The number of benzene rings is 2. The molecule has 1 N–H and O–H groups in total. The van der Waals surface area contributed by atoms with E-state index in [0.29, 0.717) is 11.3 Å². The molecule has 6 nitrogen and oxygen atoms in total. The van der Waals surface area contributed by atoms with Crippen LogP contribution in [0.4, 0.5) is 10.1 Å². The minimum atomic E-state index is -0.511. The zero-order valence-electron chi connectivity index (χ0n) is 16.3. The fourth-order valence-corrected chi connectivity index (χ4v) is 3.84. The van der Waals surface area contributed by atoms with E-state index in [1.54, 1.807) is 18.2 Å². The zero-order chi connectivity index (χ0) is 20.5. The van der Waals surface area contributed by atoms with Crippen LogP contribution < -0.4 is 5.32 Å². The average molecular weight is 401 g/mol. The second-order valence-corrected chi connectivity index (χ2v) is 7.44. The van der Waals surface area contributed by atoms with Gasteiger partial charge in [0.15, 0.2) is 5.82 Å². The summed E-state index contributed by atoms with van der Waals surface area (Å²) in [5.74, 6) is 0.685. The van der Waals surface area contributed by atoms with Crippen LogP contribution in [0, 0.1) is 5.82 Å². The number of nitrogens with one attached hydrogen (secondary N) is 1. The number of carbonyl (C=O) groups excluding carboxylic acids is 1. The Bertz CT molecular complexity index is 1250. The maximum Gasteiger partial charge on any atom is 0.274 e. The van der Waals surface area contributed by atoms with Gasteiger partial charge in [0.25, 0.3) is 5.91 Å². The molecule has 3 heterocycles. The van der Waals surface area contributed by atoms with E-state index in [1.807, 2.05) is 30.3 Å². The summed E-state index contributed by atoms with van der Waals surface area (Å²) in [6.45, 7) is 0.845. The monoisotopic (exact) mass is 401 g/mol. The van der Waals surface area contributed by atoms with Gasteiger partial charge in [-0.1, -0.05) is 30.7 Å². The molecule has 4 aromatic rings. The summed E-state index contributed by atoms with van der Waals surface area (Å²) in [5, 5.41) is 12.2. The van der Waals surface area contributed by atoms with Gasteiger partial charge in [-0.3, -0.25) is 4.79 Å². The molecule has 1 aliphatic rings. The largest absolute Gasteiger partial charge is 0.318 e. The fourth-order valence-electron chi connectivity index (χ4n) is 3.84. The summed E-state index contributed by atoms with van der Waals surface area (Å²) in [6, 6.07) is 15.6. The standard InChI is InChI=1S/C23H20FN5O/c24-17-11-9-16(22-28-27-21-8-2-1-5-13-29(21)22)14-20(17)26-23(30)19-12-10-15-6-3-4-7-18(15)25-19/h3-4,6-7,9-12,14H,1-2,5,8,13H2,(H,26,30). The van der Waals surface area contributed by atoms with Crippen molar-refractivity contribution in [2.45, 2.75) is 32.2 Å². The van der Waals surface area contributed by atoms with Gasteiger partial charge in [0.1, 0.15) is 17.3 Å². The lowest BCUT2D eigenvalue weighted by Gasteiger charge is -2.10. The molecule has 1 amide bonds. The first-order valence-electron chi connectivity index (χ1n) is 10.1. The van der Waals surface area contributed by atoms with Gasteiger partial charge in [-0.25, -0.2) is 9.37 Å². The van der Waals surface area contributed by atoms with Gasteiger partial charge in [-0.15, -0.1) is 10.2 Å². The molecule has 0 spiro atoms. The molecular formula is C23H20FN5O. The number of aromatic nitrogens is 4. The molecule has 30 heavy (non-hydrogen) atoms. The number of hydrogen-bond acceptors (Lipinski definition) is 4. The van der Waals surface area contributed by atoms with E-state index >= 15 is 0 Å². The molecule has 5 rings (SSSR count). The van der Waals surface area contributed by atoms with Crippen molar-refractivity contribution in [1.29, 1.82) is 0 Å². The van der Waals surface area contributed by atoms with Crippen LogP contribution in [-0.4, -0.2) is 25.7 Å². The molecule has 2 aromatic heterocycles. The molecule has 7 heteroatoms. The first kappa shape index (κ1) is 18.4. The second kappa shape index (κ2) is 7.67. The van der Waals surface area contributed by atoms with E-state index in [0.717, 1.165) is 49.0 Å². The Balaban J connectivity index is 1.45. The van der Waals surface area contributed by atoms with Crippen molar-refractivity contribution in [3.63, 3.8) is 0 Å². The summed E-state index contributed by atoms with van der Waals surface area (Å²) in [7, 11) is 0. The van der Waals surface area contributed by atoms with Crippen molar-refractivity contribution in [2.24, 2.45) is 0 Å². The van der Waals surface area contributed by atoms with Crippen LogP contribution in [0.25, 0.3) is 22.3 Å². The molecule has 150 valence electrons. The number of fused-ring (bicyclic) bond motifs is 2. The number of hydrogen-bond donors (Lipinski definition) is 1. The van der Waals surface area contributed by atoms with Crippen molar-refractivity contribution < 1.29 is 9.18 Å². The Labute approximate surface area is 172 Å². The Hall–Kier alpha value is -3.61. The summed E-state index contributed by atoms with van der Waals surface area (Å²) >= 11 is 0. The van der Waals surface area contributed by atoms with Crippen LogP contribution in [0.5, 0.6) is 0 Å². The highest BCUT2D eigenvalue weighted by molar-refractivity contribution is 6.04. The molecule has 0 radical (unpaired) electrons. The fraction of sp³-hybridized carbons (Fsp3) is 0.217. The first-order valence-corrected chi connectivity index (χ1v) is 10.1. The molecule has 0 aliphatic carbocycles. The van der Waals surface area contributed by atoms with Crippen molar-refractivity contribution in [1.82, 2.24) is 19.7 Å². The Kier molecular flexibility index (Phi) is 4.71. The molecule has 0 unspecified atom stereocenters. The molecule has 2 aromatic carbocycles. The number of anilines is 1. The van der Waals surface area contributed by atoms with E-state index in [2.05, 4.69) is 25.1 Å². The molecule has 0 saturated carbocycles. The lowest BCUT2D eigenvalue weighted by molar-refractivity contribution is 0.102. The molecule has 0 fully saturated rings. The number of amides is 1. The maximum atomic E-state index is 14.5.